The molecule has 5 aliphatic rings. The van der Waals surface area contributed by atoms with Crippen molar-refractivity contribution in [3.8, 4) is 0 Å². The van der Waals surface area contributed by atoms with Crippen molar-refractivity contribution >= 4 is 81.9 Å². The van der Waals surface area contributed by atoms with Crippen molar-refractivity contribution in [3.05, 3.63) is 268 Å². The van der Waals surface area contributed by atoms with Crippen LogP contribution >= 0.6 is 0 Å². The minimum atomic E-state index is -0.0392. The first-order chi connectivity index (χ1) is 59.5. The molecule has 5 aromatic carbocycles. The number of para-hydroxylation sites is 2. The number of aromatic nitrogens is 6. The topological polar surface area (TPSA) is 243 Å². The van der Waals surface area contributed by atoms with Crippen molar-refractivity contribution in [2.75, 3.05) is 177 Å². The number of piperazine rings is 5. The standard InChI is InChI=1S/C22H30N4O.C21H28N4O.2C19H24N4O.C17H20N4O/c1-3-4-5-6-19-8-10-20(11-9-19)24-22(27)26-15-13-25(14-16-26)21-12-7-18(2)17-23-21;1-15(2)18-7-5-6-17(4)20(18)23-21(26)25-12-10-24(11-13-25)19-9-8-16(3)14-22-19;1-14(2)16-5-7-17(8-6-16)19(24)23-12-10-22(11-13-23)18-9-4-15(3)20-21-18;1-3-16-5-7-17(8-6-16)21-19(24)23-12-10-22(11-13-23)18-9-4-15(2)14-20-18;1-14-7-8-16(18-13-14)20-9-11-21(12-10-20)17(22)19-15-5-3-2-4-6-15/h7-12,17H,3-6,13-16H2,1-2H3,(H,24,27);5-9,14-15H,10-13H2,1-4H3,(H,23,26);4-9,14H,10-13H2,1-3H3;4-9,14H,3,10-13H2,1-2H3,(H,21,24);2-8,13H,9-12H2,1H3,(H,19,22). The van der Waals surface area contributed by atoms with E-state index < -0.39 is 0 Å². The van der Waals surface area contributed by atoms with E-state index in [1.165, 1.54) is 41.5 Å². The lowest BCUT2D eigenvalue weighted by Gasteiger charge is -2.35. The van der Waals surface area contributed by atoms with E-state index in [0.29, 0.717) is 77.3 Å². The van der Waals surface area contributed by atoms with Crippen LogP contribution in [0.15, 0.2) is 207 Å². The van der Waals surface area contributed by atoms with Gasteiger partial charge >= 0.3 is 24.1 Å². The molecule has 123 heavy (non-hydrogen) atoms. The van der Waals surface area contributed by atoms with E-state index in [9.17, 15) is 24.0 Å². The Balaban J connectivity index is 0.000000150. The number of aryl methyl sites for hydroxylation is 8. The zero-order chi connectivity index (χ0) is 87.2. The normalized spacial score (nSPS) is 14.7. The molecule has 9 amide bonds. The number of amides is 9. The third-order valence-electron chi connectivity index (χ3n) is 22.7. The third kappa shape index (κ3) is 27.4. The van der Waals surface area contributed by atoms with Crippen molar-refractivity contribution in [1.82, 2.24) is 54.6 Å². The molecule has 10 heterocycles. The lowest BCUT2D eigenvalue weighted by atomic mass is 9.98. The molecular formula is C98H126N20O5. The number of unbranched alkanes of at least 4 members (excludes halogenated alkanes) is 2. The lowest BCUT2D eigenvalue weighted by molar-refractivity contribution is 0.0746. The fourth-order valence-corrected chi connectivity index (χ4v) is 14.9. The van der Waals surface area contributed by atoms with Gasteiger partial charge in [-0.05, 0) is 208 Å². The largest absolute Gasteiger partial charge is 0.353 e. The molecular weight excluding hydrogens is 1540 g/mol. The number of rotatable bonds is 17. The molecule has 0 spiro atoms. The van der Waals surface area contributed by atoms with Gasteiger partial charge in [-0.2, -0.15) is 5.10 Å². The highest BCUT2D eigenvalue weighted by atomic mass is 16.2. The van der Waals surface area contributed by atoms with Crippen molar-refractivity contribution in [1.29, 1.82) is 0 Å². The summed E-state index contributed by atoms with van der Waals surface area (Å²) in [7, 11) is 0. The summed E-state index contributed by atoms with van der Waals surface area (Å²) in [6.07, 6.45) is 13.4. The summed E-state index contributed by atoms with van der Waals surface area (Å²) in [5.74, 6) is 5.78. The molecule has 25 nitrogen and oxygen atoms in total. The number of nitrogens with zero attached hydrogens (tertiary/aromatic N) is 16. The minimum absolute atomic E-state index is 0.0160. The van der Waals surface area contributed by atoms with E-state index in [-0.39, 0.29) is 30.0 Å². The summed E-state index contributed by atoms with van der Waals surface area (Å²) in [4.78, 5) is 101. The second kappa shape index (κ2) is 45.8. The van der Waals surface area contributed by atoms with E-state index in [1.807, 2.05) is 206 Å². The molecule has 5 fully saturated rings. The van der Waals surface area contributed by atoms with E-state index in [1.54, 1.807) is 0 Å². The number of carbonyl (C=O) groups is 5. The Hall–Kier alpha value is -12.7. The second-order valence-corrected chi connectivity index (χ2v) is 32.7. The van der Waals surface area contributed by atoms with Crippen LogP contribution in [0.5, 0.6) is 0 Å². The number of hydrogen-bond donors (Lipinski definition) is 4. The van der Waals surface area contributed by atoms with Gasteiger partial charge in [0.2, 0.25) is 0 Å². The number of pyridine rings is 4. The number of hydrogen-bond acceptors (Lipinski definition) is 16. The quantitative estimate of drug-likeness (QED) is 0.0619. The van der Waals surface area contributed by atoms with Crippen LogP contribution in [0.3, 0.4) is 0 Å². The Kier molecular flexibility index (Phi) is 33.9. The van der Waals surface area contributed by atoms with Gasteiger partial charge in [-0.25, -0.2) is 39.1 Å². The molecule has 25 heteroatoms. The molecule has 0 radical (unpaired) electrons. The van der Waals surface area contributed by atoms with Gasteiger partial charge in [0.25, 0.3) is 5.91 Å². The summed E-state index contributed by atoms with van der Waals surface area (Å²) in [5, 5.41) is 20.4. The molecule has 0 unspecified atom stereocenters. The molecule has 0 saturated carbocycles. The van der Waals surface area contributed by atoms with Gasteiger partial charge in [0.15, 0.2) is 5.82 Å². The van der Waals surface area contributed by atoms with Crippen LogP contribution in [0.1, 0.15) is 139 Å². The Morgan fingerprint density at radius 2 is 0.699 bits per heavy atom. The maximum Gasteiger partial charge on any atom is 0.321 e. The van der Waals surface area contributed by atoms with Gasteiger partial charge in [-0.3, -0.25) is 4.79 Å². The Bertz CT molecular complexity index is 4910. The zero-order valence-electron chi connectivity index (χ0n) is 74.2. The highest BCUT2D eigenvalue weighted by Gasteiger charge is 2.29. The minimum Gasteiger partial charge on any atom is -0.353 e. The number of nitrogens with one attached hydrogen (secondary N) is 4. The predicted octanol–water partition coefficient (Wildman–Crippen LogP) is 17.6. The summed E-state index contributed by atoms with van der Waals surface area (Å²) >= 11 is 0. The third-order valence-corrected chi connectivity index (χ3v) is 22.7. The highest BCUT2D eigenvalue weighted by molar-refractivity contribution is 5.95. The molecule has 15 rings (SSSR count). The molecule has 0 bridgehead atoms. The molecule has 0 aliphatic carbocycles. The smallest absolute Gasteiger partial charge is 0.321 e. The Labute approximate surface area is 728 Å². The lowest BCUT2D eigenvalue weighted by Crippen LogP contribution is -2.50. The second-order valence-electron chi connectivity index (χ2n) is 32.7. The van der Waals surface area contributed by atoms with Crippen molar-refractivity contribution < 1.29 is 24.0 Å². The first-order valence-electron chi connectivity index (χ1n) is 43.7. The SMILES string of the molecule is CCCCCc1ccc(NC(=O)N2CCN(c3ccc(C)cn3)CC2)cc1.CCc1ccc(NC(=O)N2CCN(c3ccc(C)cn3)CC2)cc1.Cc1ccc(N2CCN(C(=O)Nc3c(C)cccc3C(C)C)CC2)nc1.Cc1ccc(N2CCN(C(=O)Nc3ccccc3)CC2)nc1.Cc1ccc(N2CCN(C(=O)c3ccc(C(C)C)cc3)CC2)nn1. The predicted molar refractivity (Wildman–Crippen MR) is 500 cm³/mol. The Morgan fingerprint density at radius 1 is 0.333 bits per heavy atom. The number of anilines is 9. The summed E-state index contributed by atoms with van der Waals surface area (Å²) in [5.41, 5.74) is 16.0. The maximum absolute atomic E-state index is 12.8. The van der Waals surface area contributed by atoms with Crippen LogP contribution in [0, 0.1) is 41.5 Å². The van der Waals surface area contributed by atoms with Gasteiger partial charge in [0.05, 0.1) is 5.69 Å². The number of urea groups is 4. The van der Waals surface area contributed by atoms with Crippen LogP contribution in [-0.4, -0.2) is 216 Å². The van der Waals surface area contributed by atoms with Crippen molar-refractivity contribution in [3.63, 3.8) is 0 Å². The van der Waals surface area contributed by atoms with Crippen LogP contribution in [0.2, 0.25) is 0 Å². The fourth-order valence-electron chi connectivity index (χ4n) is 14.9. The van der Waals surface area contributed by atoms with Crippen LogP contribution in [0.4, 0.5) is 71.0 Å². The molecule has 5 aliphatic heterocycles. The summed E-state index contributed by atoms with van der Waals surface area (Å²) < 4.78 is 0. The molecule has 0 atom stereocenters. The number of carbonyl (C=O) groups excluding carboxylic acids is 5. The Morgan fingerprint density at radius 3 is 1.05 bits per heavy atom. The number of benzene rings is 5. The molecule has 4 N–H and O–H groups in total. The van der Waals surface area contributed by atoms with Crippen LogP contribution < -0.4 is 45.8 Å². The van der Waals surface area contributed by atoms with Crippen molar-refractivity contribution in [2.24, 2.45) is 0 Å². The average Bonchev–Trinajstić information content (AvgIpc) is 0.744. The average molecular weight is 1660 g/mol. The summed E-state index contributed by atoms with van der Waals surface area (Å²) in [6, 6.07) is 60.3. The van der Waals surface area contributed by atoms with E-state index in [0.717, 1.165) is 169 Å². The molecule has 5 aromatic heterocycles. The van der Waals surface area contributed by atoms with Gasteiger partial charge in [0.1, 0.15) is 23.3 Å². The molecule has 648 valence electrons. The van der Waals surface area contributed by atoms with E-state index in [2.05, 4.69) is 184 Å². The van der Waals surface area contributed by atoms with Crippen LogP contribution in [0.25, 0.3) is 0 Å². The summed E-state index contributed by atoms with van der Waals surface area (Å²) in [6.45, 7) is 40.1. The molecule has 10 aromatic rings. The van der Waals surface area contributed by atoms with Gasteiger partial charge in [0, 0.05) is 184 Å². The van der Waals surface area contributed by atoms with Crippen LogP contribution in [-0.2, 0) is 12.8 Å². The first kappa shape index (κ1) is 91.1. The first-order valence-corrected chi connectivity index (χ1v) is 43.7. The highest BCUT2D eigenvalue weighted by Crippen LogP contribution is 2.29. The van der Waals surface area contributed by atoms with E-state index >= 15 is 0 Å². The van der Waals surface area contributed by atoms with Gasteiger partial charge in [-0.15, -0.1) is 5.10 Å². The molecule has 5 saturated heterocycles. The zero-order valence-corrected chi connectivity index (χ0v) is 74.2. The van der Waals surface area contributed by atoms with Gasteiger partial charge in [-0.1, -0.05) is 151 Å². The van der Waals surface area contributed by atoms with E-state index in [4.69, 9.17) is 0 Å². The van der Waals surface area contributed by atoms with Crippen molar-refractivity contribution in [2.45, 2.75) is 127 Å². The monoisotopic (exact) mass is 1660 g/mol. The van der Waals surface area contributed by atoms with Gasteiger partial charge < -0.3 is 70.3 Å². The maximum atomic E-state index is 12.8. The fraction of sp³-hybridized carbons (Fsp3) is 0.398.